The van der Waals surface area contributed by atoms with Crippen LogP contribution in [0.5, 0.6) is 0 Å². The van der Waals surface area contributed by atoms with Gasteiger partial charge in [-0.25, -0.2) is 13.8 Å². The van der Waals surface area contributed by atoms with E-state index in [4.69, 9.17) is 11.6 Å². The number of likely N-dealkylation sites (N-methyl/N-ethyl adjacent to an activating group) is 1. The van der Waals surface area contributed by atoms with E-state index in [0.717, 1.165) is 66.5 Å². The van der Waals surface area contributed by atoms with E-state index in [1.165, 1.54) is 11.9 Å². The van der Waals surface area contributed by atoms with Gasteiger partial charge in [-0.3, -0.25) is 13.5 Å². The maximum atomic E-state index is 13.4. The summed E-state index contributed by atoms with van der Waals surface area (Å²) in [5.41, 5.74) is 1.34. The van der Waals surface area contributed by atoms with Gasteiger partial charge in [0, 0.05) is 37.3 Å². The zero-order valence-corrected chi connectivity index (χ0v) is 20.7. The molecule has 0 bridgehead atoms. The van der Waals surface area contributed by atoms with E-state index >= 15 is 0 Å². The third kappa shape index (κ3) is 5.09. The van der Waals surface area contributed by atoms with Gasteiger partial charge >= 0.3 is 0 Å². The van der Waals surface area contributed by atoms with Crippen molar-refractivity contribution >= 4 is 46.1 Å². The third-order valence-electron chi connectivity index (χ3n) is 5.76. The number of halogens is 4. The number of pyridine rings is 1. The molecule has 0 atom stereocenters. The van der Waals surface area contributed by atoms with Gasteiger partial charge < -0.3 is 9.80 Å². The number of imidazole rings is 1. The second-order valence-corrected chi connectivity index (χ2v) is 10.3. The molecule has 1 saturated heterocycles. The third-order valence-corrected chi connectivity index (χ3v) is 7.90. The van der Waals surface area contributed by atoms with Gasteiger partial charge in [0.2, 0.25) is 0 Å². The van der Waals surface area contributed by atoms with Crippen molar-refractivity contribution < 1.29 is 13.2 Å². The van der Waals surface area contributed by atoms with E-state index in [1.807, 2.05) is 10.6 Å². The summed E-state index contributed by atoms with van der Waals surface area (Å²) in [6.45, 7) is 2.57. The number of aromatic nitrogens is 4. The minimum Gasteiger partial charge on any atom is -0.367 e. The number of hydrogen-bond acceptors (Lipinski definition) is 8. The molecule has 0 amide bonds. The number of piperazine rings is 1. The van der Waals surface area contributed by atoms with Gasteiger partial charge in [0.15, 0.2) is 16.0 Å². The van der Waals surface area contributed by atoms with Crippen LogP contribution in [0.2, 0.25) is 5.15 Å². The summed E-state index contributed by atoms with van der Waals surface area (Å²) in [4.78, 5) is 10.1. The zero-order valence-electron chi connectivity index (χ0n) is 18.3. The number of anilines is 1. The van der Waals surface area contributed by atoms with Crippen molar-refractivity contribution in [1.82, 2.24) is 29.2 Å². The number of rotatable bonds is 7. The lowest BCUT2D eigenvalue weighted by Gasteiger charge is -2.34. The number of nitrogens with zero attached hydrogens (tertiary/aromatic N) is 6. The molecule has 1 aliphatic heterocycles. The molecule has 5 rings (SSSR count). The molecule has 0 unspecified atom stereocenters. The van der Waals surface area contributed by atoms with Crippen LogP contribution >= 0.6 is 34.9 Å². The van der Waals surface area contributed by atoms with Crippen molar-refractivity contribution in [1.29, 1.82) is 0 Å². The summed E-state index contributed by atoms with van der Waals surface area (Å²) in [6, 6.07) is 2.08. The van der Waals surface area contributed by atoms with Crippen LogP contribution in [0.15, 0.2) is 17.2 Å². The summed E-state index contributed by atoms with van der Waals surface area (Å²) in [7, 11) is 2.61. The summed E-state index contributed by atoms with van der Waals surface area (Å²) in [5.74, 6) is 0.529. The highest BCUT2D eigenvalue weighted by molar-refractivity contribution is 7.97. The standard InChI is InChI=1S/C19H22ClF2N7S2.CH3F/c1-27-4-6-28(7-5-27)13-8-12(31-26-19(11-22)2-3-19)10-29-15(13)16(20)23-17(29)18-25-24-14(9-21)30-18;1-2/h8,10,26H,2-7,9,11H2,1H3;1H3. The highest BCUT2D eigenvalue weighted by Crippen LogP contribution is 2.41. The van der Waals surface area contributed by atoms with Crippen molar-refractivity contribution in [3.63, 3.8) is 0 Å². The average molecular weight is 520 g/mol. The van der Waals surface area contributed by atoms with Crippen LogP contribution in [0.3, 0.4) is 0 Å². The van der Waals surface area contributed by atoms with Gasteiger partial charge in [-0.1, -0.05) is 22.9 Å². The van der Waals surface area contributed by atoms with Gasteiger partial charge in [-0.15, -0.1) is 10.2 Å². The van der Waals surface area contributed by atoms with Gasteiger partial charge in [0.1, 0.15) is 23.9 Å². The molecule has 180 valence electrons. The smallest absolute Gasteiger partial charge is 0.184 e. The van der Waals surface area contributed by atoms with Crippen LogP contribution < -0.4 is 9.62 Å². The van der Waals surface area contributed by atoms with Crippen LogP contribution in [0.1, 0.15) is 17.8 Å². The van der Waals surface area contributed by atoms with Crippen LogP contribution in [0.4, 0.5) is 18.9 Å². The summed E-state index contributed by atoms with van der Waals surface area (Å²) >= 11 is 9.18. The molecule has 0 spiro atoms. The molecule has 0 aromatic carbocycles. The van der Waals surface area contributed by atoms with Crippen molar-refractivity contribution in [3.05, 3.63) is 22.4 Å². The second kappa shape index (κ2) is 10.3. The number of fused-ring (bicyclic) bond motifs is 1. The van der Waals surface area contributed by atoms with Crippen LogP contribution in [-0.4, -0.2) is 77.1 Å². The fourth-order valence-electron chi connectivity index (χ4n) is 3.60. The molecule has 4 heterocycles. The molecule has 0 radical (unpaired) electrons. The molecule has 1 aliphatic carbocycles. The highest BCUT2D eigenvalue weighted by Gasteiger charge is 2.43. The van der Waals surface area contributed by atoms with Crippen molar-refractivity contribution in [2.75, 3.05) is 52.0 Å². The quantitative estimate of drug-likeness (QED) is 0.464. The lowest BCUT2D eigenvalue weighted by atomic mass is 10.2. The first-order valence-corrected chi connectivity index (χ1v) is 12.4. The van der Waals surface area contributed by atoms with Gasteiger partial charge in [0.05, 0.1) is 18.4 Å². The Morgan fingerprint density at radius 1 is 1.18 bits per heavy atom. The lowest BCUT2D eigenvalue weighted by molar-refractivity contribution is 0.313. The fourth-order valence-corrected chi connectivity index (χ4v) is 5.47. The van der Waals surface area contributed by atoms with E-state index < -0.39 is 12.2 Å². The van der Waals surface area contributed by atoms with E-state index in [2.05, 4.69) is 42.8 Å². The molecule has 7 nitrogen and oxygen atoms in total. The number of nitrogens with one attached hydrogen (secondary N) is 1. The Morgan fingerprint density at radius 2 is 1.91 bits per heavy atom. The number of alkyl halides is 3. The molecular weight excluding hydrogens is 495 g/mol. The first-order chi connectivity index (χ1) is 16.0. The largest absolute Gasteiger partial charge is 0.367 e. The Labute approximate surface area is 203 Å². The Hall–Kier alpha value is -1.60. The SMILES string of the molecule is CF.CN1CCN(c2cc(SNC3(CF)CC3)cn3c(-c4nnc(CF)s4)nc(Cl)c23)CC1. The molecule has 13 heteroatoms. The zero-order chi connectivity index (χ0) is 23.6. The predicted octanol–water partition coefficient (Wildman–Crippen LogP) is 4.41. The maximum absolute atomic E-state index is 13.4. The monoisotopic (exact) mass is 519 g/mol. The summed E-state index contributed by atoms with van der Waals surface area (Å²) in [5, 5.41) is 9.16. The molecule has 2 fully saturated rings. The van der Waals surface area contributed by atoms with Gasteiger partial charge in [-0.2, -0.15) is 0 Å². The van der Waals surface area contributed by atoms with Crippen molar-refractivity contribution in [2.24, 2.45) is 0 Å². The second-order valence-electron chi connectivity index (χ2n) is 8.05. The molecular formula is C20H25ClF3N7S2. The molecule has 1 N–H and O–H groups in total. The molecule has 1 saturated carbocycles. The normalized spacial score (nSPS) is 17.8. The van der Waals surface area contributed by atoms with Crippen molar-refractivity contribution in [2.45, 2.75) is 30.0 Å². The molecule has 2 aliphatic rings. The first kappa shape index (κ1) is 24.5. The fraction of sp³-hybridized carbons (Fsp3) is 0.550. The Balaban J connectivity index is 0.00000126. The Morgan fingerprint density at radius 3 is 2.52 bits per heavy atom. The topological polar surface area (TPSA) is 61.6 Å². The lowest BCUT2D eigenvalue weighted by Crippen LogP contribution is -2.44. The van der Waals surface area contributed by atoms with E-state index in [-0.39, 0.29) is 6.67 Å². The van der Waals surface area contributed by atoms with Crippen LogP contribution in [0.25, 0.3) is 16.3 Å². The summed E-state index contributed by atoms with van der Waals surface area (Å²) in [6.07, 6.45) is 3.59. The summed E-state index contributed by atoms with van der Waals surface area (Å²) < 4.78 is 41.1. The van der Waals surface area contributed by atoms with E-state index in [1.54, 1.807) is 0 Å². The Kier molecular flexibility index (Phi) is 7.69. The molecule has 33 heavy (non-hydrogen) atoms. The highest BCUT2D eigenvalue weighted by atomic mass is 35.5. The van der Waals surface area contributed by atoms with Crippen molar-refractivity contribution in [3.8, 4) is 10.8 Å². The Bertz CT molecular complexity index is 1100. The number of hydrogen-bond donors (Lipinski definition) is 1. The van der Waals surface area contributed by atoms with Crippen LogP contribution in [0, 0.1) is 0 Å². The van der Waals surface area contributed by atoms with Crippen LogP contribution in [-0.2, 0) is 6.67 Å². The predicted molar refractivity (Wildman–Crippen MR) is 128 cm³/mol. The van der Waals surface area contributed by atoms with E-state index in [0.29, 0.717) is 28.2 Å². The first-order valence-electron chi connectivity index (χ1n) is 10.4. The minimum atomic E-state index is -0.669. The van der Waals surface area contributed by atoms with Gasteiger partial charge in [0.25, 0.3) is 0 Å². The average Bonchev–Trinajstić information content (AvgIpc) is 3.34. The van der Waals surface area contributed by atoms with Gasteiger partial charge in [-0.05, 0) is 37.9 Å². The molecule has 3 aromatic heterocycles. The van der Waals surface area contributed by atoms with E-state index in [9.17, 15) is 13.2 Å². The minimum absolute atomic E-state index is 0.299. The maximum Gasteiger partial charge on any atom is 0.184 e. The molecule has 3 aromatic rings.